The zero-order valence-electron chi connectivity index (χ0n) is 18.2. The third-order valence-corrected chi connectivity index (χ3v) is 8.51. The van der Waals surface area contributed by atoms with Crippen LogP contribution in [0.15, 0.2) is 12.7 Å². The Morgan fingerprint density at radius 3 is 2.10 bits per heavy atom. The molecule has 5 saturated carbocycles. The van der Waals surface area contributed by atoms with Crippen LogP contribution in [0.4, 0.5) is 0 Å². The van der Waals surface area contributed by atoms with Crippen LogP contribution < -0.4 is 0 Å². The van der Waals surface area contributed by atoms with Crippen molar-refractivity contribution in [1.29, 1.82) is 0 Å². The molecule has 4 bridgehead atoms. The van der Waals surface area contributed by atoms with Crippen molar-refractivity contribution in [3.63, 3.8) is 0 Å². The van der Waals surface area contributed by atoms with Crippen LogP contribution in [0.2, 0.25) is 0 Å². The van der Waals surface area contributed by atoms with Crippen molar-refractivity contribution in [2.75, 3.05) is 0 Å². The van der Waals surface area contributed by atoms with Crippen LogP contribution in [0, 0.1) is 35.5 Å². The van der Waals surface area contributed by atoms with Gasteiger partial charge in [0.25, 0.3) is 0 Å². The van der Waals surface area contributed by atoms with Gasteiger partial charge < -0.3 is 9.47 Å². The predicted octanol–water partition coefficient (Wildman–Crippen LogP) is 5.45. The third kappa shape index (κ3) is 4.01. The van der Waals surface area contributed by atoms with Crippen molar-refractivity contribution in [3.8, 4) is 0 Å². The monoisotopic (exact) mass is 402 g/mol. The zero-order valence-corrected chi connectivity index (χ0v) is 18.2. The minimum atomic E-state index is -0.433. The van der Waals surface area contributed by atoms with E-state index in [2.05, 4.69) is 6.58 Å². The van der Waals surface area contributed by atoms with Gasteiger partial charge in [-0.2, -0.15) is 0 Å². The number of ether oxygens (including phenoxy) is 2. The van der Waals surface area contributed by atoms with Crippen molar-refractivity contribution >= 4 is 11.9 Å². The van der Waals surface area contributed by atoms with E-state index in [0.717, 1.165) is 11.8 Å². The normalized spacial score (nSPS) is 38.3. The standard InChI is InChI=1S/C25H38O4/c1-4-23(26)28-17(3)10-16(2)24(27)29-25(20-8-6-5-7-9-20)21-12-18-11-19(14-21)15-22(25)13-18/h4,16-22H,1,5-15H2,2-3H3. The molecular formula is C25H38O4. The molecule has 5 fully saturated rings. The Bertz CT molecular complexity index is 599. The van der Waals surface area contributed by atoms with Crippen LogP contribution in [0.25, 0.3) is 0 Å². The molecule has 162 valence electrons. The van der Waals surface area contributed by atoms with Gasteiger partial charge >= 0.3 is 11.9 Å². The van der Waals surface area contributed by atoms with Crippen molar-refractivity contribution in [2.45, 2.75) is 96.2 Å². The van der Waals surface area contributed by atoms with E-state index in [4.69, 9.17) is 9.47 Å². The number of rotatable bonds is 7. The molecule has 5 aliphatic rings. The van der Waals surface area contributed by atoms with Gasteiger partial charge in [-0.3, -0.25) is 4.79 Å². The molecule has 0 amide bonds. The van der Waals surface area contributed by atoms with Gasteiger partial charge in [0.15, 0.2) is 0 Å². The lowest BCUT2D eigenvalue weighted by atomic mass is 9.46. The van der Waals surface area contributed by atoms with Gasteiger partial charge in [0.1, 0.15) is 11.7 Å². The van der Waals surface area contributed by atoms with E-state index >= 15 is 0 Å². The molecule has 0 N–H and O–H groups in total. The Morgan fingerprint density at radius 1 is 0.966 bits per heavy atom. The highest BCUT2D eigenvalue weighted by Gasteiger charge is 2.62. The zero-order chi connectivity index (χ0) is 20.6. The molecule has 0 spiro atoms. The number of esters is 2. The van der Waals surface area contributed by atoms with Crippen LogP contribution in [0.5, 0.6) is 0 Å². The molecule has 5 aliphatic carbocycles. The van der Waals surface area contributed by atoms with E-state index in [9.17, 15) is 9.59 Å². The summed E-state index contributed by atoms with van der Waals surface area (Å²) in [5.74, 6) is 2.62. The maximum atomic E-state index is 13.3. The molecule has 5 rings (SSSR count). The Kier molecular flexibility index (Phi) is 6.09. The average Bonchev–Trinajstić information content (AvgIpc) is 2.70. The Morgan fingerprint density at radius 2 is 1.55 bits per heavy atom. The minimum Gasteiger partial charge on any atom is -0.460 e. The molecule has 0 saturated heterocycles. The minimum absolute atomic E-state index is 0.0791. The molecule has 0 aromatic rings. The van der Waals surface area contributed by atoms with Crippen molar-refractivity contribution in [1.82, 2.24) is 0 Å². The first-order chi connectivity index (χ1) is 13.9. The molecule has 4 heteroatoms. The SMILES string of the molecule is C=CC(=O)OC(C)CC(C)C(=O)OC1(C2CCCCC2)C2CC3CC(C2)CC1C3. The van der Waals surface area contributed by atoms with Gasteiger partial charge in [-0.15, -0.1) is 0 Å². The molecule has 2 unspecified atom stereocenters. The molecular weight excluding hydrogens is 364 g/mol. The Balaban J connectivity index is 1.49. The van der Waals surface area contributed by atoms with E-state index in [-0.39, 0.29) is 23.6 Å². The summed E-state index contributed by atoms with van der Waals surface area (Å²) in [6, 6.07) is 0. The van der Waals surface area contributed by atoms with E-state index < -0.39 is 5.97 Å². The van der Waals surface area contributed by atoms with Crippen LogP contribution >= 0.6 is 0 Å². The number of hydrogen-bond acceptors (Lipinski definition) is 4. The molecule has 0 aromatic heterocycles. The fourth-order valence-electron chi connectivity index (χ4n) is 7.55. The first-order valence-electron chi connectivity index (χ1n) is 12.0. The molecule has 29 heavy (non-hydrogen) atoms. The Labute approximate surface area is 175 Å². The average molecular weight is 403 g/mol. The molecule has 4 nitrogen and oxygen atoms in total. The fraction of sp³-hybridized carbons (Fsp3) is 0.840. The second-order valence-electron chi connectivity index (χ2n) is 10.5. The predicted molar refractivity (Wildman–Crippen MR) is 112 cm³/mol. The summed E-state index contributed by atoms with van der Waals surface area (Å²) in [7, 11) is 0. The largest absolute Gasteiger partial charge is 0.460 e. The second-order valence-corrected chi connectivity index (χ2v) is 10.5. The van der Waals surface area contributed by atoms with Gasteiger partial charge in [-0.25, -0.2) is 4.79 Å². The van der Waals surface area contributed by atoms with Crippen molar-refractivity contribution in [2.24, 2.45) is 35.5 Å². The number of hydrogen-bond donors (Lipinski definition) is 0. The van der Waals surface area contributed by atoms with Gasteiger partial charge in [-0.1, -0.05) is 32.8 Å². The van der Waals surface area contributed by atoms with Gasteiger partial charge in [0, 0.05) is 6.08 Å². The lowest BCUT2D eigenvalue weighted by molar-refractivity contribution is -0.235. The van der Waals surface area contributed by atoms with Gasteiger partial charge in [0.2, 0.25) is 0 Å². The van der Waals surface area contributed by atoms with E-state index in [1.165, 1.54) is 70.3 Å². The first kappa shape index (κ1) is 20.9. The van der Waals surface area contributed by atoms with E-state index in [1.807, 2.05) is 13.8 Å². The topological polar surface area (TPSA) is 52.6 Å². The smallest absolute Gasteiger partial charge is 0.330 e. The highest BCUT2D eigenvalue weighted by molar-refractivity contribution is 5.81. The van der Waals surface area contributed by atoms with Crippen LogP contribution in [0.3, 0.4) is 0 Å². The van der Waals surface area contributed by atoms with Crippen molar-refractivity contribution < 1.29 is 19.1 Å². The molecule has 0 heterocycles. The first-order valence-corrected chi connectivity index (χ1v) is 12.0. The maximum Gasteiger partial charge on any atom is 0.330 e. The van der Waals surface area contributed by atoms with Gasteiger partial charge in [0.05, 0.1) is 5.92 Å². The fourth-order valence-corrected chi connectivity index (χ4v) is 7.55. The quantitative estimate of drug-likeness (QED) is 0.420. The maximum absolute atomic E-state index is 13.3. The summed E-state index contributed by atoms with van der Waals surface area (Å²) in [5, 5.41) is 0. The van der Waals surface area contributed by atoms with E-state index in [0.29, 0.717) is 24.2 Å². The highest BCUT2D eigenvalue weighted by atomic mass is 16.6. The van der Waals surface area contributed by atoms with Crippen LogP contribution in [-0.2, 0) is 19.1 Å². The van der Waals surface area contributed by atoms with E-state index in [1.54, 1.807) is 0 Å². The van der Waals surface area contributed by atoms with Crippen molar-refractivity contribution in [3.05, 3.63) is 12.7 Å². The summed E-state index contributed by atoms with van der Waals surface area (Å²) in [6.07, 6.45) is 14.1. The molecule has 0 aliphatic heterocycles. The van der Waals surface area contributed by atoms with Crippen LogP contribution in [-0.4, -0.2) is 23.6 Å². The van der Waals surface area contributed by atoms with Crippen LogP contribution in [0.1, 0.15) is 84.5 Å². The Hall–Kier alpha value is -1.32. The number of carbonyl (C=O) groups is 2. The van der Waals surface area contributed by atoms with Gasteiger partial charge in [-0.05, 0) is 87.9 Å². The molecule has 0 aromatic carbocycles. The molecule has 2 atom stereocenters. The second kappa shape index (κ2) is 8.43. The summed E-state index contributed by atoms with van der Waals surface area (Å²) >= 11 is 0. The summed E-state index contributed by atoms with van der Waals surface area (Å²) in [6.45, 7) is 7.20. The summed E-state index contributed by atoms with van der Waals surface area (Å²) < 4.78 is 11.9. The lowest BCUT2D eigenvalue weighted by Gasteiger charge is -2.63. The summed E-state index contributed by atoms with van der Waals surface area (Å²) in [5.41, 5.74) is -0.222. The third-order valence-electron chi connectivity index (χ3n) is 8.51. The lowest BCUT2D eigenvalue weighted by Crippen LogP contribution is -2.63. The summed E-state index contributed by atoms with van der Waals surface area (Å²) in [4.78, 5) is 24.7. The molecule has 0 radical (unpaired) electrons. The number of carbonyl (C=O) groups excluding carboxylic acids is 2. The highest BCUT2D eigenvalue weighted by Crippen LogP contribution is 2.63.